The molecule has 0 bridgehead atoms. The molecule has 1 atom stereocenters. The normalized spacial score (nSPS) is 12.8. The molecule has 0 aliphatic rings. The molecule has 0 saturated carbocycles. The minimum absolute atomic E-state index is 0.309. The van der Waals surface area contributed by atoms with Gasteiger partial charge in [-0.05, 0) is 45.9 Å². The molecule has 0 radical (unpaired) electrons. The number of hydrogen-bond acceptors (Lipinski definition) is 4. The van der Waals surface area contributed by atoms with Gasteiger partial charge >= 0.3 is 0 Å². The minimum Gasteiger partial charge on any atom is -0.310 e. The molecule has 0 fully saturated rings. The highest BCUT2D eigenvalue weighted by Gasteiger charge is 2.14. The smallest absolute Gasteiger partial charge is 0.0845 e. The highest BCUT2D eigenvalue weighted by molar-refractivity contribution is 9.11. The molecule has 1 unspecified atom stereocenters. The molecule has 2 aromatic heterocycles. The molecule has 4 nitrogen and oxygen atoms in total. The molecule has 0 aromatic carbocycles. The molecule has 2 heterocycles. The molecular formula is C12H17BrN4S. The Morgan fingerprint density at radius 3 is 2.94 bits per heavy atom. The summed E-state index contributed by atoms with van der Waals surface area (Å²) in [5.74, 6) is 0. The fourth-order valence-electron chi connectivity index (χ4n) is 1.83. The van der Waals surface area contributed by atoms with Gasteiger partial charge in [-0.1, -0.05) is 12.1 Å². The van der Waals surface area contributed by atoms with Crippen molar-refractivity contribution >= 4 is 27.3 Å². The van der Waals surface area contributed by atoms with Crippen LogP contribution in [0.4, 0.5) is 0 Å². The van der Waals surface area contributed by atoms with Crippen LogP contribution in [0.25, 0.3) is 0 Å². The van der Waals surface area contributed by atoms with Gasteiger partial charge in [0.2, 0.25) is 0 Å². The summed E-state index contributed by atoms with van der Waals surface area (Å²) in [6.45, 7) is 3.19. The Labute approximate surface area is 120 Å². The molecule has 0 spiro atoms. The van der Waals surface area contributed by atoms with E-state index in [1.54, 1.807) is 16.0 Å². The minimum atomic E-state index is 0.309. The number of nitrogens with zero attached hydrogens (tertiary/aromatic N) is 3. The zero-order valence-corrected chi connectivity index (χ0v) is 13.0. The summed E-state index contributed by atoms with van der Waals surface area (Å²) in [5.41, 5.74) is 2.33. The Morgan fingerprint density at radius 2 is 2.39 bits per heavy atom. The lowest BCUT2D eigenvalue weighted by Crippen LogP contribution is -2.23. The average Bonchev–Trinajstić information content (AvgIpc) is 2.93. The third-order valence-electron chi connectivity index (χ3n) is 2.69. The van der Waals surface area contributed by atoms with Gasteiger partial charge in [0, 0.05) is 25.7 Å². The predicted octanol–water partition coefficient (Wildman–Crippen LogP) is 2.92. The summed E-state index contributed by atoms with van der Waals surface area (Å²) in [6, 6.07) is 2.48. The zero-order chi connectivity index (χ0) is 13.0. The molecule has 0 aliphatic carbocycles. The monoisotopic (exact) mass is 328 g/mol. The van der Waals surface area contributed by atoms with E-state index in [1.165, 1.54) is 9.35 Å². The summed E-state index contributed by atoms with van der Waals surface area (Å²) in [6.07, 6.45) is 3.97. The van der Waals surface area contributed by atoms with Crippen molar-refractivity contribution in [2.24, 2.45) is 7.05 Å². The number of hydrogen-bond donors (Lipinski definition) is 1. The van der Waals surface area contributed by atoms with E-state index < -0.39 is 0 Å². The van der Waals surface area contributed by atoms with Gasteiger partial charge < -0.3 is 5.32 Å². The molecule has 98 valence electrons. The van der Waals surface area contributed by atoms with Crippen LogP contribution >= 0.6 is 27.3 Å². The number of aryl methyl sites for hydroxylation is 1. The second-order valence-corrected chi connectivity index (χ2v) is 6.57. The first kappa shape index (κ1) is 13.7. The van der Waals surface area contributed by atoms with Crippen LogP contribution in [0.2, 0.25) is 0 Å². The van der Waals surface area contributed by atoms with E-state index in [-0.39, 0.29) is 0 Å². The topological polar surface area (TPSA) is 42.7 Å². The van der Waals surface area contributed by atoms with E-state index >= 15 is 0 Å². The maximum Gasteiger partial charge on any atom is 0.0845 e. The van der Waals surface area contributed by atoms with Gasteiger partial charge in [0.1, 0.15) is 0 Å². The van der Waals surface area contributed by atoms with Crippen molar-refractivity contribution in [1.29, 1.82) is 0 Å². The maximum absolute atomic E-state index is 4.16. The predicted molar refractivity (Wildman–Crippen MR) is 77.8 cm³/mol. The van der Waals surface area contributed by atoms with E-state index in [1.807, 2.05) is 13.2 Å². The van der Waals surface area contributed by atoms with Crippen LogP contribution in [0.15, 0.2) is 21.4 Å². The maximum atomic E-state index is 4.16. The second-order valence-electron chi connectivity index (χ2n) is 4.28. The van der Waals surface area contributed by atoms with Gasteiger partial charge in [-0.2, -0.15) is 0 Å². The van der Waals surface area contributed by atoms with Crippen molar-refractivity contribution in [2.45, 2.75) is 25.8 Å². The number of rotatable bonds is 6. The third kappa shape index (κ3) is 3.63. The summed E-state index contributed by atoms with van der Waals surface area (Å²) in [5, 5.41) is 13.9. The number of aromatic nitrogens is 3. The molecule has 2 rings (SSSR count). The van der Waals surface area contributed by atoms with Crippen LogP contribution in [0.5, 0.6) is 0 Å². The van der Waals surface area contributed by atoms with Gasteiger partial charge in [0.25, 0.3) is 0 Å². The fraction of sp³-hybridized carbons (Fsp3) is 0.500. The first-order valence-corrected chi connectivity index (χ1v) is 7.68. The molecule has 0 saturated heterocycles. The summed E-state index contributed by atoms with van der Waals surface area (Å²) < 4.78 is 2.91. The van der Waals surface area contributed by atoms with Gasteiger partial charge in [-0.3, -0.25) is 4.68 Å². The third-order valence-corrected chi connectivity index (χ3v) is 4.22. The number of halogens is 1. The summed E-state index contributed by atoms with van der Waals surface area (Å²) >= 11 is 5.23. The lowest BCUT2D eigenvalue weighted by atomic mass is 10.1. The highest BCUT2D eigenvalue weighted by Crippen LogP contribution is 2.27. The van der Waals surface area contributed by atoms with E-state index in [0.29, 0.717) is 6.04 Å². The molecule has 0 aliphatic heterocycles. The average molecular weight is 329 g/mol. The summed E-state index contributed by atoms with van der Waals surface area (Å²) in [7, 11) is 1.89. The van der Waals surface area contributed by atoms with Crippen LogP contribution in [0.1, 0.15) is 30.6 Å². The van der Waals surface area contributed by atoms with Gasteiger partial charge in [0.05, 0.1) is 9.48 Å². The van der Waals surface area contributed by atoms with Crippen LogP contribution < -0.4 is 5.32 Å². The Kier molecular flexibility index (Phi) is 4.91. The second kappa shape index (κ2) is 6.45. The standard InChI is InChI=1S/C12H17BrN4S/c1-3-4-14-11(9-5-12(13)18-8-9)6-10-7-17(2)16-15-10/h5,7-8,11,14H,3-4,6H2,1-2H3. The SMILES string of the molecule is CCCNC(Cc1cn(C)nn1)c1csc(Br)c1. The van der Waals surface area contributed by atoms with Crippen molar-refractivity contribution in [3.8, 4) is 0 Å². The molecule has 6 heteroatoms. The fourth-order valence-corrected chi connectivity index (χ4v) is 3.06. The van der Waals surface area contributed by atoms with Crippen LogP contribution in [0.3, 0.4) is 0 Å². The van der Waals surface area contributed by atoms with Crippen LogP contribution in [0, 0.1) is 0 Å². The van der Waals surface area contributed by atoms with E-state index in [4.69, 9.17) is 0 Å². The van der Waals surface area contributed by atoms with Crippen LogP contribution in [-0.2, 0) is 13.5 Å². The van der Waals surface area contributed by atoms with E-state index in [9.17, 15) is 0 Å². The van der Waals surface area contributed by atoms with Crippen molar-refractivity contribution in [3.05, 3.63) is 32.7 Å². The van der Waals surface area contributed by atoms with E-state index in [0.717, 1.165) is 25.1 Å². The molecule has 0 amide bonds. The van der Waals surface area contributed by atoms with Crippen molar-refractivity contribution in [1.82, 2.24) is 20.3 Å². The number of nitrogens with one attached hydrogen (secondary N) is 1. The lowest BCUT2D eigenvalue weighted by molar-refractivity contribution is 0.525. The molecule has 2 aromatic rings. The first-order chi connectivity index (χ1) is 8.69. The van der Waals surface area contributed by atoms with Crippen molar-refractivity contribution in [3.63, 3.8) is 0 Å². The molecule has 1 N–H and O–H groups in total. The highest BCUT2D eigenvalue weighted by atomic mass is 79.9. The van der Waals surface area contributed by atoms with Gasteiger partial charge in [0.15, 0.2) is 0 Å². The van der Waals surface area contributed by atoms with Crippen LogP contribution in [-0.4, -0.2) is 21.5 Å². The Morgan fingerprint density at radius 1 is 1.56 bits per heavy atom. The largest absolute Gasteiger partial charge is 0.310 e. The lowest BCUT2D eigenvalue weighted by Gasteiger charge is -2.16. The van der Waals surface area contributed by atoms with Crippen molar-refractivity contribution in [2.75, 3.05) is 6.54 Å². The quantitative estimate of drug-likeness (QED) is 0.886. The first-order valence-electron chi connectivity index (χ1n) is 6.01. The van der Waals surface area contributed by atoms with Gasteiger partial charge in [-0.15, -0.1) is 16.4 Å². The Bertz CT molecular complexity index is 494. The van der Waals surface area contributed by atoms with Crippen molar-refractivity contribution < 1.29 is 0 Å². The number of thiophene rings is 1. The summed E-state index contributed by atoms with van der Waals surface area (Å²) in [4.78, 5) is 0. The molecular weight excluding hydrogens is 312 g/mol. The Balaban J connectivity index is 2.09. The molecule has 18 heavy (non-hydrogen) atoms. The Hall–Kier alpha value is -0.720. The zero-order valence-electron chi connectivity index (χ0n) is 10.6. The van der Waals surface area contributed by atoms with Gasteiger partial charge in [-0.25, -0.2) is 0 Å². The van der Waals surface area contributed by atoms with E-state index in [2.05, 4.69) is 49.9 Å².